The molecule has 5 nitrogen and oxygen atoms in total. The van der Waals surface area contributed by atoms with Crippen LogP contribution in [-0.2, 0) is 4.79 Å². The minimum Gasteiger partial charge on any atom is -0.358 e. The molecule has 1 saturated heterocycles. The molecule has 7 heteroatoms. The van der Waals surface area contributed by atoms with Gasteiger partial charge < -0.3 is 10.2 Å². The second-order valence-electron chi connectivity index (χ2n) is 7.06. The standard InChI is InChI=1S/C19H25Cl2N3O2/c1-22-18(25)17(13-4-2-3-5-13)23-8-10-24(11-9-23)19(26)14-6-7-15(20)16(21)12-14/h6-7,12-13,17H,2-5,8-11H2,1H3,(H,22,25)/t17-/m1/s1. The third kappa shape index (κ3) is 4.16. The van der Waals surface area contributed by atoms with E-state index in [1.807, 2.05) is 4.90 Å². The lowest BCUT2D eigenvalue weighted by molar-refractivity contribution is -0.128. The third-order valence-electron chi connectivity index (χ3n) is 5.52. The van der Waals surface area contributed by atoms with Gasteiger partial charge in [0.05, 0.1) is 16.1 Å². The van der Waals surface area contributed by atoms with Crippen LogP contribution < -0.4 is 5.32 Å². The van der Waals surface area contributed by atoms with E-state index in [0.29, 0.717) is 47.7 Å². The third-order valence-corrected chi connectivity index (χ3v) is 6.26. The predicted molar refractivity (Wildman–Crippen MR) is 104 cm³/mol. The Labute approximate surface area is 164 Å². The lowest BCUT2D eigenvalue weighted by Crippen LogP contribution is -2.57. The molecular weight excluding hydrogens is 373 g/mol. The summed E-state index contributed by atoms with van der Waals surface area (Å²) in [6, 6.07) is 4.89. The zero-order valence-corrected chi connectivity index (χ0v) is 16.5. The van der Waals surface area contributed by atoms with Crippen LogP contribution in [0.25, 0.3) is 0 Å². The maximum absolute atomic E-state index is 12.7. The highest BCUT2D eigenvalue weighted by Gasteiger charge is 2.36. The summed E-state index contributed by atoms with van der Waals surface area (Å²) in [4.78, 5) is 29.2. The number of piperazine rings is 1. The van der Waals surface area contributed by atoms with Gasteiger partial charge >= 0.3 is 0 Å². The topological polar surface area (TPSA) is 52.7 Å². The zero-order chi connectivity index (χ0) is 18.7. The summed E-state index contributed by atoms with van der Waals surface area (Å²) >= 11 is 12.0. The molecule has 1 atom stereocenters. The van der Waals surface area contributed by atoms with Crippen LogP contribution in [0.1, 0.15) is 36.0 Å². The number of likely N-dealkylation sites (N-methyl/N-ethyl adjacent to an activating group) is 1. The quantitative estimate of drug-likeness (QED) is 0.848. The Kier molecular flexibility index (Phi) is 6.43. The fraction of sp³-hybridized carbons (Fsp3) is 0.579. The van der Waals surface area contributed by atoms with Crippen molar-refractivity contribution >= 4 is 35.0 Å². The Hall–Kier alpha value is -1.30. The van der Waals surface area contributed by atoms with Crippen molar-refractivity contribution in [1.82, 2.24) is 15.1 Å². The van der Waals surface area contributed by atoms with E-state index < -0.39 is 0 Å². The molecule has 1 aliphatic heterocycles. The summed E-state index contributed by atoms with van der Waals surface area (Å²) in [5.41, 5.74) is 0.548. The lowest BCUT2D eigenvalue weighted by atomic mass is 9.95. The molecule has 26 heavy (non-hydrogen) atoms. The molecule has 1 saturated carbocycles. The number of benzene rings is 1. The van der Waals surface area contributed by atoms with Crippen molar-refractivity contribution in [3.63, 3.8) is 0 Å². The van der Waals surface area contributed by atoms with E-state index in [4.69, 9.17) is 23.2 Å². The van der Waals surface area contributed by atoms with E-state index >= 15 is 0 Å². The van der Waals surface area contributed by atoms with Gasteiger partial charge in [-0.25, -0.2) is 0 Å². The zero-order valence-electron chi connectivity index (χ0n) is 15.0. The Balaban J connectivity index is 1.64. The average Bonchev–Trinajstić information content (AvgIpc) is 3.18. The smallest absolute Gasteiger partial charge is 0.253 e. The molecule has 0 spiro atoms. The highest BCUT2D eigenvalue weighted by atomic mass is 35.5. The molecule has 0 radical (unpaired) electrons. The van der Waals surface area contributed by atoms with Gasteiger partial charge in [-0.15, -0.1) is 0 Å². The molecule has 1 aromatic rings. The average molecular weight is 398 g/mol. The van der Waals surface area contributed by atoms with E-state index in [9.17, 15) is 9.59 Å². The van der Waals surface area contributed by atoms with Crippen molar-refractivity contribution in [2.75, 3.05) is 33.2 Å². The SMILES string of the molecule is CNC(=O)[C@@H](C1CCCC1)N1CCN(C(=O)c2ccc(Cl)c(Cl)c2)CC1. The molecule has 2 fully saturated rings. The number of halogens is 2. The van der Waals surface area contributed by atoms with E-state index in [-0.39, 0.29) is 17.9 Å². The van der Waals surface area contributed by atoms with E-state index in [2.05, 4.69) is 10.2 Å². The molecule has 1 heterocycles. The minimum absolute atomic E-state index is 0.0411. The molecule has 0 aromatic heterocycles. The first-order valence-corrected chi connectivity index (χ1v) is 9.97. The van der Waals surface area contributed by atoms with Crippen LogP contribution in [0.4, 0.5) is 0 Å². The summed E-state index contributed by atoms with van der Waals surface area (Å²) in [5.74, 6) is 0.481. The molecule has 0 unspecified atom stereocenters. The van der Waals surface area contributed by atoms with Crippen molar-refractivity contribution in [3.05, 3.63) is 33.8 Å². The second kappa shape index (κ2) is 8.59. The number of hydrogen-bond acceptors (Lipinski definition) is 3. The maximum atomic E-state index is 12.7. The van der Waals surface area contributed by atoms with Crippen molar-refractivity contribution in [1.29, 1.82) is 0 Å². The molecular formula is C19H25Cl2N3O2. The summed E-state index contributed by atoms with van der Waals surface area (Å²) in [6.07, 6.45) is 4.63. The fourth-order valence-electron chi connectivity index (χ4n) is 4.11. The number of amides is 2. The number of hydrogen-bond donors (Lipinski definition) is 1. The number of carbonyl (C=O) groups excluding carboxylic acids is 2. The Morgan fingerprint density at radius 1 is 1.08 bits per heavy atom. The Morgan fingerprint density at radius 3 is 2.31 bits per heavy atom. The van der Waals surface area contributed by atoms with Gasteiger partial charge in [0.1, 0.15) is 0 Å². The summed E-state index contributed by atoms with van der Waals surface area (Å²) in [5, 5.41) is 3.65. The van der Waals surface area contributed by atoms with Crippen LogP contribution in [0.3, 0.4) is 0 Å². The molecule has 1 aliphatic carbocycles. The molecule has 2 aliphatic rings. The molecule has 142 valence electrons. The number of rotatable bonds is 4. The predicted octanol–water partition coefficient (Wildman–Crippen LogP) is 3.06. The maximum Gasteiger partial charge on any atom is 0.253 e. The molecule has 3 rings (SSSR count). The number of nitrogens with zero attached hydrogens (tertiary/aromatic N) is 2. The van der Waals surface area contributed by atoms with Crippen molar-refractivity contribution < 1.29 is 9.59 Å². The first-order chi connectivity index (χ1) is 12.5. The van der Waals surface area contributed by atoms with E-state index in [1.54, 1.807) is 25.2 Å². The van der Waals surface area contributed by atoms with Crippen LogP contribution in [-0.4, -0.2) is 60.9 Å². The number of carbonyl (C=O) groups is 2. The largest absolute Gasteiger partial charge is 0.358 e. The van der Waals surface area contributed by atoms with Crippen LogP contribution in [0.15, 0.2) is 18.2 Å². The second-order valence-corrected chi connectivity index (χ2v) is 7.88. The molecule has 1 N–H and O–H groups in total. The minimum atomic E-state index is -0.0790. The van der Waals surface area contributed by atoms with Crippen molar-refractivity contribution in [3.8, 4) is 0 Å². The van der Waals surface area contributed by atoms with Gasteiger partial charge in [0.15, 0.2) is 0 Å². The van der Waals surface area contributed by atoms with Gasteiger partial charge in [0, 0.05) is 38.8 Å². The van der Waals surface area contributed by atoms with Gasteiger partial charge in [-0.05, 0) is 37.0 Å². The van der Waals surface area contributed by atoms with E-state index in [1.165, 1.54) is 12.8 Å². The van der Waals surface area contributed by atoms with Gasteiger partial charge in [-0.2, -0.15) is 0 Å². The van der Waals surface area contributed by atoms with Gasteiger partial charge in [-0.1, -0.05) is 36.0 Å². The van der Waals surface area contributed by atoms with Gasteiger partial charge in [0.2, 0.25) is 5.91 Å². The molecule has 1 aromatic carbocycles. The fourth-order valence-corrected chi connectivity index (χ4v) is 4.41. The summed E-state index contributed by atoms with van der Waals surface area (Å²) in [7, 11) is 1.70. The van der Waals surface area contributed by atoms with Crippen molar-refractivity contribution in [2.24, 2.45) is 5.92 Å². The Morgan fingerprint density at radius 2 is 1.73 bits per heavy atom. The van der Waals surface area contributed by atoms with Gasteiger partial charge in [0.25, 0.3) is 5.91 Å². The Bertz CT molecular complexity index is 669. The lowest BCUT2D eigenvalue weighted by Gasteiger charge is -2.40. The normalized spacial score (nSPS) is 20.2. The monoisotopic (exact) mass is 397 g/mol. The van der Waals surface area contributed by atoms with Crippen LogP contribution in [0.2, 0.25) is 10.0 Å². The summed E-state index contributed by atoms with van der Waals surface area (Å²) in [6.45, 7) is 2.64. The van der Waals surface area contributed by atoms with Crippen LogP contribution in [0.5, 0.6) is 0 Å². The molecule has 2 amide bonds. The van der Waals surface area contributed by atoms with Gasteiger partial charge in [-0.3, -0.25) is 14.5 Å². The highest BCUT2D eigenvalue weighted by molar-refractivity contribution is 6.42. The first-order valence-electron chi connectivity index (χ1n) is 9.21. The number of nitrogens with one attached hydrogen (secondary N) is 1. The summed E-state index contributed by atoms with van der Waals surface area (Å²) < 4.78 is 0. The van der Waals surface area contributed by atoms with E-state index in [0.717, 1.165) is 12.8 Å². The van der Waals surface area contributed by atoms with Crippen LogP contribution in [0, 0.1) is 5.92 Å². The highest BCUT2D eigenvalue weighted by Crippen LogP contribution is 2.31. The molecule has 0 bridgehead atoms. The van der Waals surface area contributed by atoms with Crippen LogP contribution >= 0.6 is 23.2 Å². The van der Waals surface area contributed by atoms with Crippen molar-refractivity contribution in [2.45, 2.75) is 31.7 Å². The first kappa shape index (κ1) is 19.5.